The van der Waals surface area contributed by atoms with Crippen LogP contribution >= 0.6 is 0 Å². The van der Waals surface area contributed by atoms with Crippen molar-refractivity contribution in [1.82, 2.24) is 19.4 Å². The lowest BCUT2D eigenvalue weighted by molar-refractivity contribution is 0.0621. The number of amides is 1. The number of piperidine rings is 1. The van der Waals surface area contributed by atoms with Gasteiger partial charge in [-0.25, -0.2) is 22.8 Å². The molecule has 0 bridgehead atoms. The molecule has 180 valence electrons. The molecule has 4 rings (SSSR count). The summed E-state index contributed by atoms with van der Waals surface area (Å²) in [6, 6.07) is 1.95. The molecule has 0 aliphatic carbocycles. The Kier molecular flexibility index (Phi) is 7.53. The Bertz CT molecular complexity index is 1010. The van der Waals surface area contributed by atoms with E-state index in [1.807, 2.05) is 13.8 Å². The fourth-order valence-corrected chi connectivity index (χ4v) is 4.72. The summed E-state index contributed by atoms with van der Waals surface area (Å²) in [6.07, 6.45) is 1.63. The van der Waals surface area contributed by atoms with Gasteiger partial charge in [0.15, 0.2) is 11.6 Å². The van der Waals surface area contributed by atoms with Crippen molar-refractivity contribution >= 4 is 17.1 Å². The van der Waals surface area contributed by atoms with E-state index in [2.05, 4.69) is 16.8 Å². The summed E-state index contributed by atoms with van der Waals surface area (Å²) in [5.41, 5.74) is 0.0557. The van der Waals surface area contributed by atoms with Gasteiger partial charge in [-0.1, -0.05) is 13.8 Å². The van der Waals surface area contributed by atoms with E-state index >= 15 is 0 Å². The number of halogens is 3. The summed E-state index contributed by atoms with van der Waals surface area (Å²) in [7, 11) is 0. The highest BCUT2D eigenvalue weighted by Crippen LogP contribution is 2.34. The van der Waals surface area contributed by atoms with E-state index in [4.69, 9.17) is 4.74 Å². The number of nitrogens with one attached hydrogen (secondary N) is 1. The molecule has 2 fully saturated rings. The van der Waals surface area contributed by atoms with Crippen molar-refractivity contribution in [2.45, 2.75) is 51.6 Å². The largest absolute Gasteiger partial charge is 0.447 e. The molecule has 2 aliphatic rings. The number of aromatic amines is 1. The molecule has 2 saturated heterocycles. The van der Waals surface area contributed by atoms with Crippen LogP contribution in [-0.4, -0.2) is 70.4 Å². The van der Waals surface area contributed by atoms with E-state index in [-0.39, 0.29) is 30.8 Å². The van der Waals surface area contributed by atoms with Crippen LogP contribution in [0.5, 0.6) is 0 Å². The Labute approximate surface area is 186 Å². The number of H-pyrrole nitrogens is 1. The highest BCUT2D eigenvalue weighted by Gasteiger charge is 2.42. The van der Waals surface area contributed by atoms with Crippen molar-refractivity contribution in [3.63, 3.8) is 0 Å². The van der Waals surface area contributed by atoms with E-state index in [0.29, 0.717) is 44.5 Å². The van der Waals surface area contributed by atoms with Gasteiger partial charge in [0.2, 0.25) is 0 Å². The zero-order valence-corrected chi connectivity index (χ0v) is 18.8. The second-order valence-corrected chi connectivity index (χ2v) is 8.27. The Hall–Kier alpha value is -2.49. The molecule has 3 heterocycles. The van der Waals surface area contributed by atoms with E-state index in [1.165, 1.54) is 4.57 Å². The number of benzene rings is 1. The Balaban J connectivity index is 0.00000125. The van der Waals surface area contributed by atoms with Gasteiger partial charge in [0, 0.05) is 51.3 Å². The normalized spacial score (nSPS) is 22.1. The van der Waals surface area contributed by atoms with Gasteiger partial charge in [0.1, 0.15) is 13.3 Å². The number of imidazole rings is 1. The number of aromatic nitrogens is 2. The number of carbonyl (C=O) groups excluding carboxylic acids is 1. The van der Waals surface area contributed by atoms with Crippen LogP contribution in [0.15, 0.2) is 16.9 Å². The van der Waals surface area contributed by atoms with Gasteiger partial charge in [-0.15, -0.1) is 0 Å². The summed E-state index contributed by atoms with van der Waals surface area (Å²) >= 11 is 0. The maximum atomic E-state index is 13.7. The average Bonchev–Trinajstić information content (AvgIpc) is 3.34. The Morgan fingerprint density at radius 1 is 1.22 bits per heavy atom. The number of carbonyl (C=O) groups is 1. The number of likely N-dealkylation sites (tertiary alicyclic amines) is 2. The van der Waals surface area contributed by atoms with Gasteiger partial charge >= 0.3 is 11.8 Å². The molecule has 1 aromatic carbocycles. The zero-order valence-electron chi connectivity index (χ0n) is 18.8. The molecule has 32 heavy (non-hydrogen) atoms. The topological polar surface area (TPSA) is 70.6 Å². The highest BCUT2D eigenvalue weighted by molar-refractivity contribution is 5.75. The van der Waals surface area contributed by atoms with E-state index in [0.717, 1.165) is 18.6 Å². The van der Waals surface area contributed by atoms with E-state index in [9.17, 15) is 22.8 Å². The molecule has 2 aliphatic heterocycles. The lowest BCUT2D eigenvalue weighted by Gasteiger charge is -2.43. The average molecular weight is 459 g/mol. The number of hydrogen-bond acceptors (Lipinski definition) is 4. The predicted octanol–water partition coefficient (Wildman–Crippen LogP) is 4.09. The maximum Gasteiger partial charge on any atom is 0.409 e. The van der Waals surface area contributed by atoms with Gasteiger partial charge in [-0.3, -0.25) is 9.47 Å². The SMILES string of the molecule is CC.CC1(N2CCC(n3c(=O)[nH]c4cc(F)c(F)cc43)CC2)CCN(C(=O)OCCF)C1.[HH]. The van der Waals surface area contributed by atoms with Crippen molar-refractivity contribution in [3.8, 4) is 0 Å². The number of hydrogen-bond donors (Lipinski definition) is 1. The molecule has 0 spiro atoms. The van der Waals surface area contributed by atoms with E-state index < -0.39 is 24.4 Å². The molecule has 0 saturated carbocycles. The van der Waals surface area contributed by atoms with Crippen molar-refractivity contribution in [3.05, 3.63) is 34.3 Å². The standard InChI is InChI=1S/C20H25F3N4O3.C2H6.H2/c1-20(4-8-25(12-20)19(29)30-9-5-21)26-6-2-13(3-7-26)27-17-11-15(23)14(22)10-16(17)24-18(27)28;1-2;/h10-11,13H,2-9,12H2,1H3,(H,24,28);1-2H3;1H. The minimum Gasteiger partial charge on any atom is -0.447 e. The third-order valence-corrected chi connectivity index (χ3v) is 6.36. The summed E-state index contributed by atoms with van der Waals surface area (Å²) in [5, 5.41) is 0. The molecule has 1 N–H and O–H groups in total. The fourth-order valence-electron chi connectivity index (χ4n) is 4.72. The lowest BCUT2D eigenvalue weighted by Crippen LogP contribution is -2.52. The smallest absolute Gasteiger partial charge is 0.409 e. The summed E-state index contributed by atoms with van der Waals surface area (Å²) in [5.74, 6) is -1.97. The number of ether oxygens (including phenoxy) is 1. The first-order valence-corrected chi connectivity index (χ1v) is 11.1. The number of fused-ring (bicyclic) bond motifs is 1. The van der Waals surface area contributed by atoms with Crippen molar-refractivity contribution in [1.29, 1.82) is 0 Å². The monoisotopic (exact) mass is 458 g/mol. The van der Waals surface area contributed by atoms with Gasteiger partial charge in [-0.05, 0) is 26.2 Å². The molecule has 1 unspecified atom stereocenters. The molecular weight excluding hydrogens is 425 g/mol. The van der Waals surface area contributed by atoms with Crippen LogP contribution in [0.25, 0.3) is 11.0 Å². The van der Waals surface area contributed by atoms with Gasteiger partial charge in [0.05, 0.1) is 11.0 Å². The van der Waals surface area contributed by atoms with Crippen LogP contribution < -0.4 is 5.69 Å². The Morgan fingerprint density at radius 3 is 2.53 bits per heavy atom. The van der Waals surface area contributed by atoms with Gasteiger partial charge in [-0.2, -0.15) is 0 Å². The first-order valence-electron chi connectivity index (χ1n) is 11.1. The minimum absolute atomic E-state index is 0. The summed E-state index contributed by atoms with van der Waals surface area (Å²) in [4.78, 5) is 30.9. The third-order valence-electron chi connectivity index (χ3n) is 6.36. The second-order valence-electron chi connectivity index (χ2n) is 8.27. The summed E-state index contributed by atoms with van der Waals surface area (Å²) in [6.45, 7) is 7.62. The molecular formula is C22H33F3N4O3. The van der Waals surface area contributed by atoms with Crippen LogP contribution in [0.4, 0.5) is 18.0 Å². The minimum atomic E-state index is -0.991. The second kappa shape index (κ2) is 9.97. The molecule has 1 aromatic heterocycles. The molecule has 1 amide bonds. The van der Waals surface area contributed by atoms with Gasteiger partial charge in [0.25, 0.3) is 0 Å². The van der Waals surface area contributed by atoms with Crippen molar-refractivity contribution < 1.29 is 24.1 Å². The first-order chi connectivity index (χ1) is 15.3. The first kappa shape index (κ1) is 24.2. The predicted molar refractivity (Wildman–Crippen MR) is 118 cm³/mol. The summed E-state index contributed by atoms with van der Waals surface area (Å²) < 4.78 is 45.9. The Morgan fingerprint density at radius 2 is 1.88 bits per heavy atom. The van der Waals surface area contributed by atoms with Crippen LogP contribution in [0.3, 0.4) is 0 Å². The third kappa shape index (κ3) is 4.65. The highest BCUT2D eigenvalue weighted by atomic mass is 19.2. The van der Waals surface area contributed by atoms with Crippen LogP contribution in [0.2, 0.25) is 0 Å². The molecule has 10 heteroatoms. The van der Waals surface area contributed by atoms with Gasteiger partial charge < -0.3 is 14.6 Å². The fraction of sp³-hybridized carbons (Fsp3) is 0.636. The van der Waals surface area contributed by atoms with Crippen LogP contribution in [0.1, 0.15) is 47.5 Å². The van der Waals surface area contributed by atoms with Crippen molar-refractivity contribution in [2.24, 2.45) is 0 Å². The quantitative estimate of drug-likeness (QED) is 0.749. The maximum absolute atomic E-state index is 13.7. The number of rotatable bonds is 4. The molecule has 1 atom stereocenters. The molecule has 2 aromatic rings. The van der Waals surface area contributed by atoms with Crippen molar-refractivity contribution in [2.75, 3.05) is 39.5 Å². The van der Waals surface area contributed by atoms with E-state index in [1.54, 1.807) is 4.90 Å². The van der Waals surface area contributed by atoms with Crippen LogP contribution in [0, 0.1) is 11.6 Å². The number of alkyl halides is 1. The molecule has 0 radical (unpaired) electrons. The zero-order chi connectivity index (χ0) is 23.5. The molecule has 7 nitrogen and oxygen atoms in total. The lowest BCUT2D eigenvalue weighted by atomic mass is 9.94. The number of nitrogens with zero attached hydrogens (tertiary/aromatic N) is 3. The van der Waals surface area contributed by atoms with Crippen LogP contribution in [-0.2, 0) is 4.74 Å².